The summed E-state index contributed by atoms with van der Waals surface area (Å²) in [6.07, 6.45) is 0. The molecule has 0 radical (unpaired) electrons. The maximum absolute atomic E-state index is 10.8. The van der Waals surface area contributed by atoms with Crippen LogP contribution in [0.1, 0.15) is 0 Å². The lowest BCUT2D eigenvalue weighted by atomic mass is 10.7. The molecule has 0 saturated carbocycles. The van der Waals surface area contributed by atoms with E-state index < -0.39 is 17.8 Å². The third-order valence-electron chi connectivity index (χ3n) is 0.363. The van der Waals surface area contributed by atoms with Crippen molar-refractivity contribution >= 4 is 5.91 Å². The maximum atomic E-state index is 10.8. The molecule has 0 unspecified atom stereocenters. The molecule has 42 valence electrons. The van der Waals surface area contributed by atoms with Gasteiger partial charge in [0.25, 0.3) is 5.91 Å². The molecule has 0 spiro atoms. The van der Waals surface area contributed by atoms with Gasteiger partial charge in [-0.15, -0.1) is 0 Å². The van der Waals surface area contributed by atoms with Gasteiger partial charge in [-0.1, -0.05) is 8.96 Å². The molecular weight excluding hydrogens is 106 g/mol. The Bertz CT molecular complexity index is 74.1. The highest BCUT2D eigenvalue weighted by Crippen LogP contribution is 1.85. The zero-order chi connectivity index (χ0) is 5.86. The number of rotatable bonds is 1. The van der Waals surface area contributed by atoms with E-state index >= 15 is 0 Å². The molecule has 0 aliphatic rings. The van der Waals surface area contributed by atoms with Crippen molar-refractivity contribution in [1.82, 2.24) is 5.34 Å². The van der Waals surface area contributed by atoms with Crippen molar-refractivity contribution in [3.63, 3.8) is 0 Å². The second kappa shape index (κ2) is 2.46. The fourth-order valence-electron chi connectivity index (χ4n) is 0.0690. The molecule has 1 amide bonds. The number of nitrogens with two attached hydrogens (primary N) is 1. The number of amides is 1. The van der Waals surface area contributed by atoms with Crippen molar-refractivity contribution in [3.8, 4) is 0 Å². The molecule has 0 rings (SSSR count). The zero-order valence-corrected chi connectivity index (χ0v) is 3.40. The summed E-state index contributed by atoms with van der Waals surface area (Å²) in [6, 6.07) is 0. The van der Waals surface area contributed by atoms with Gasteiger partial charge in [0.15, 0.2) is 0 Å². The van der Waals surface area contributed by atoms with Crippen molar-refractivity contribution < 1.29 is 13.8 Å². The highest BCUT2D eigenvalue weighted by Gasteiger charge is 2.06. The first kappa shape index (κ1) is 6.29. The lowest BCUT2D eigenvalue weighted by Crippen LogP contribution is -2.22. The van der Waals surface area contributed by atoms with Gasteiger partial charge in [-0.05, 0) is 5.34 Å². The summed E-state index contributed by atoms with van der Waals surface area (Å²) in [6.45, 7) is -0.646. The van der Waals surface area contributed by atoms with Gasteiger partial charge in [0.05, 0.1) is 6.54 Å². The Morgan fingerprint density at radius 3 is 2.14 bits per heavy atom. The number of halogens is 2. The Morgan fingerprint density at radius 2 is 2.14 bits per heavy atom. The molecule has 0 fully saturated rings. The van der Waals surface area contributed by atoms with Gasteiger partial charge in [-0.3, -0.25) is 4.79 Å². The number of nitrogens with zero attached hydrogens (tertiary/aromatic N) is 1. The summed E-state index contributed by atoms with van der Waals surface area (Å²) in [7, 11) is 0. The van der Waals surface area contributed by atoms with Crippen molar-refractivity contribution in [1.29, 1.82) is 0 Å². The van der Waals surface area contributed by atoms with Gasteiger partial charge < -0.3 is 5.73 Å². The molecule has 2 N–H and O–H groups in total. The van der Waals surface area contributed by atoms with E-state index in [2.05, 4.69) is 5.73 Å². The van der Waals surface area contributed by atoms with Gasteiger partial charge >= 0.3 is 0 Å². The predicted molar refractivity (Wildman–Crippen MR) is 18.1 cm³/mol. The fraction of sp³-hybridized carbons (Fsp3) is 0.500. The van der Waals surface area contributed by atoms with Crippen LogP contribution in [-0.4, -0.2) is 17.8 Å². The van der Waals surface area contributed by atoms with Crippen LogP contribution < -0.4 is 5.73 Å². The second-order valence-corrected chi connectivity index (χ2v) is 0.831. The topological polar surface area (TPSA) is 46.3 Å². The van der Waals surface area contributed by atoms with Crippen LogP contribution in [0.4, 0.5) is 8.96 Å². The van der Waals surface area contributed by atoms with E-state index in [0.29, 0.717) is 0 Å². The number of carbonyl (C=O) groups is 1. The van der Waals surface area contributed by atoms with Crippen molar-refractivity contribution in [2.75, 3.05) is 6.54 Å². The Labute approximate surface area is 38.6 Å². The molecule has 0 bridgehead atoms. The van der Waals surface area contributed by atoms with Gasteiger partial charge in [0, 0.05) is 0 Å². The highest BCUT2D eigenvalue weighted by molar-refractivity contribution is 5.75. The van der Waals surface area contributed by atoms with Crippen LogP contribution in [0.25, 0.3) is 0 Å². The molecule has 5 heteroatoms. The Kier molecular flexibility index (Phi) is 2.21. The van der Waals surface area contributed by atoms with Crippen LogP contribution in [0.2, 0.25) is 0 Å². The summed E-state index contributed by atoms with van der Waals surface area (Å²) >= 11 is 0. The lowest BCUT2D eigenvalue weighted by Gasteiger charge is -1.92. The second-order valence-electron chi connectivity index (χ2n) is 0.831. The zero-order valence-electron chi connectivity index (χ0n) is 3.40. The summed E-state index contributed by atoms with van der Waals surface area (Å²) in [5, 5.41) is -1.54. The van der Waals surface area contributed by atoms with E-state index in [1.54, 1.807) is 0 Å². The molecule has 0 aromatic carbocycles. The summed E-state index contributed by atoms with van der Waals surface area (Å²) < 4.78 is 21.7. The fourth-order valence-corrected chi connectivity index (χ4v) is 0.0690. The third kappa shape index (κ3) is 2.05. The first-order chi connectivity index (χ1) is 3.18. The minimum absolute atomic E-state index is 0.646. The molecule has 0 aromatic rings. The van der Waals surface area contributed by atoms with Gasteiger partial charge in [0.2, 0.25) is 0 Å². The average molecular weight is 110 g/mol. The van der Waals surface area contributed by atoms with Crippen LogP contribution in [0.5, 0.6) is 0 Å². The average Bonchev–Trinajstić information content (AvgIpc) is 1.65. The maximum Gasteiger partial charge on any atom is 0.297 e. The normalized spacial score (nSPS) is 8.43. The minimum atomic E-state index is -1.54. The monoisotopic (exact) mass is 110 g/mol. The Balaban J connectivity index is 3.35. The van der Waals surface area contributed by atoms with E-state index in [0.717, 1.165) is 0 Å². The Hall–Kier alpha value is -0.710. The van der Waals surface area contributed by atoms with E-state index in [4.69, 9.17) is 0 Å². The third-order valence-corrected chi connectivity index (χ3v) is 0.363. The van der Waals surface area contributed by atoms with Gasteiger partial charge in [-0.25, -0.2) is 0 Å². The molecule has 0 aromatic heterocycles. The molecular formula is C2H4F2N2O. The van der Waals surface area contributed by atoms with Gasteiger partial charge in [0.1, 0.15) is 0 Å². The number of carbonyl (C=O) groups excluding carboxylic acids is 1. The summed E-state index contributed by atoms with van der Waals surface area (Å²) in [4.78, 5) is 9.56. The van der Waals surface area contributed by atoms with Crippen molar-refractivity contribution in [2.45, 2.75) is 0 Å². The standard InChI is InChI=1S/C2H4F2N2O/c3-6(4)2(7)1-5/h1,5H2. The predicted octanol–water partition coefficient (Wildman–Crippen LogP) is -0.457. The van der Waals surface area contributed by atoms with Crippen LogP contribution in [0.15, 0.2) is 0 Å². The quantitative estimate of drug-likeness (QED) is 0.464. The molecule has 0 atom stereocenters. The summed E-state index contributed by atoms with van der Waals surface area (Å²) in [5.41, 5.74) is 4.50. The molecule has 3 nitrogen and oxygen atoms in total. The SMILES string of the molecule is NCC(=O)N(F)F. The van der Waals surface area contributed by atoms with Crippen LogP contribution >= 0.6 is 0 Å². The van der Waals surface area contributed by atoms with E-state index in [9.17, 15) is 13.8 Å². The van der Waals surface area contributed by atoms with Crippen LogP contribution in [0, 0.1) is 0 Å². The smallest absolute Gasteiger partial charge is 0.297 e. The molecule has 0 aliphatic carbocycles. The summed E-state index contributed by atoms with van der Waals surface area (Å²) in [5.74, 6) is -1.37. The van der Waals surface area contributed by atoms with Crippen molar-refractivity contribution in [3.05, 3.63) is 0 Å². The van der Waals surface area contributed by atoms with Crippen LogP contribution in [-0.2, 0) is 4.79 Å². The van der Waals surface area contributed by atoms with E-state index in [-0.39, 0.29) is 0 Å². The van der Waals surface area contributed by atoms with Crippen LogP contribution in [0.3, 0.4) is 0 Å². The molecule has 7 heavy (non-hydrogen) atoms. The number of hydrogen-bond donors (Lipinski definition) is 1. The Morgan fingerprint density at radius 1 is 1.71 bits per heavy atom. The van der Waals surface area contributed by atoms with Crippen molar-refractivity contribution in [2.24, 2.45) is 5.73 Å². The minimum Gasteiger partial charge on any atom is -0.322 e. The first-order valence-corrected chi connectivity index (χ1v) is 1.53. The lowest BCUT2D eigenvalue weighted by molar-refractivity contribution is -0.185. The molecule has 0 aliphatic heterocycles. The van der Waals surface area contributed by atoms with E-state index in [1.807, 2.05) is 0 Å². The van der Waals surface area contributed by atoms with Gasteiger partial charge in [-0.2, -0.15) is 0 Å². The molecule has 0 saturated heterocycles. The molecule has 0 heterocycles. The first-order valence-electron chi connectivity index (χ1n) is 1.53. The highest BCUT2D eigenvalue weighted by atomic mass is 19.4. The number of hydrogen-bond acceptors (Lipinski definition) is 2. The largest absolute Gasteiger partial charge is 0.322 e. The van der Waals surface area contributed by atoms with E-state index in [1.165, 1.54) is 0 Å².